The fraction of sp³-hybridized carbons (Fsp3) is 0.571. The molecule has 13 heteroatoms. The molecule has 0 aliphatic heterocycles. The maximum atomic E-state index is 12.4. The number of hydrogen-bond acceptors (Lipinski definition) is 12. The number of benzene rings is 2. The van der Waals surface area contributed by atoms with Crippen LogP contribution in [0.15, 0.2) is 48.5 Å². The molecule has 0 saturated carbocycles. The first kappa shape index (κ1) is 40.8. The largest absolute Gasteiger partial charge is 0.490 e. The highest BCUT2D eigenvalue weighted by Gasteiger charge is 2.25. The highest BCUT2D eigenvalue weighted by Crippen LogP contribution is 2.29. The van der Waals surface area contributed by atoms with Crippen molar-refractivity contribution in [3.05, 3.63) is 59.7 Å². The minimum absolute atomic E-state index is 0.00915. The zero-order valence-corrected chi connectivity index (χ0v) is 30.2. The third-order valence-corrected chi connectivity index (χ3v) is 7.61. The van der Waals surface area contributed by atoms with Gasteiger partial charge in [0.25, 0.3) is 0 Å². The van der Waals surface area contributed by atoms with Crippen LogP contribution in [0, 0.1) is 0 Å². The van der Waals surface area contributed by atoms with Gasteiger partial charge in [0.1, 0.15) is 37.4 Å². The van der Waals surface area contributed by atoms with Crippen LogP contribution in [0.4, 0.5) is 0 Å². The van der Waals surface area contributed by atoms with Gasteiger partial charge >= 0.3 is 17.9 Å². The van der Waals surface area contributed by atoms with E-state index in [1.54, 1.807) is 12.1 Å². The number of nitrogens with two attached hydrogens (primary N) is 1. The number of ether oxygens (including phenoxy) is 5. The van der Waals surface area contributed by atoms with Crippen molar-refractivity contribution in [2.45, 2.75) is 43.9 Å². The summed E-state index contributed by atoms with van der Waals surface area (Å²) in [6.07, 6.45) is -0.615. The lowest BCUT2D eigenvalue weighted by molar-refractivity contribution is -0.161. The lowest BCUT2D eigenvalue weighted by Gasteiger charge is -2.26. The summed E-state index contributed by atoms with van der Waals surface area (Å²) in [7, 11) is 11.3. The smallest absolute Gasteiger partial charge is 0.307 e. The molecule has 3 atom stereocenters. The van der Waals surface area contributed by atoms with Gasteiger partial charge in [-0.15, -0.1) is 11.6 Å². The van der Waals surface area contributed by atoms with Crippen molar-refractivity contribution in [1.82, 2.24) is 14.7 Å². The molecule has 0 aromatic heterocycles. The number of carbonyl (C=O) groups excluding carboxylic acids is 3. The summed E-state index contributed by atoms with van der Waals surface area (Å²) in [4.78, 5) is 42.3. The molecule has 2 N–H and O–H groups in total. The van der Waals surface area contributed by atoms with Crippen molar-refractivity contribution in [3.8, 4) is 11.5 Å². The van der Waals surface area contributed by atoms with E-state index in [0.717, 1.165) is 11.1 Å². The fourth-order valence-corrected chi connectivity index (χ4v) is 4.41. The topological polar surface area (TPSA) is 133 Å². The Bertz CT molecular complexity index is 1260. The molecule has 3 unspecified atom stereocenters. The second kappa shape index (κ2) is 20.8. The summed E-state index contributed by atoms with van der Waals surface area (Å²) in [5.74, 6) is 0.171. The molecular weight excluding hydrogens is 640 g/mol. The summed E-state index contributed by atoms with van der Waals surface area (Å²) in [6, 6.07) is 14.7. The normalized spacial score (nSPS) is 13.9. The molecule has 0 aliphatic rings. The lowest BCUT2D eigenvalue weighted by atomic mass is 9.86. The minimum atomic E-state index is -0.830. The molecular formula is C35H53ClN4O8. The maximum absolute atomic E-state index is 12.4. The van der Waals surface area contributed by atoms with E-state index in [-0.39, 0.29) is 56.9 Å². The van der Waals surface area contributed by atoms with Gasteiger partial charge in [0.2, 0.25) is 0 Å². The first-order valence-corrected chi connectivity index (χ1v) is 16.5. The van der Waals surface area contributed by atoms with Gasteiger partial charge < -0.3 is 44.1 Å². The average molecular weight is 693 g/mol. The van der Waals surface area contributed by atoms with Crippen LogP contribution < -0.4 is 15.2 Å². The van der Waals surface area contributed by atoms with E-state index >= 15 is 0 Å². The van der Waals surface area contributed by atoms with E-state index in [1.807, 2.05) is 100 Å². The Kier molecular flexibility index (Phi) is 17.7. The van der Waals surface area contributed by atoms with Crippen LogP contribution in [-0.2, 0) is 34.1 Å². The van der Waals surface area contributed by atoms with Crippen LogP contribution in [0.25, 0.3) is 0 Å². The van der Waals surface area contributed by atoms with E-state index < -0.39 is 23.7 Å². The number of nitrogens with zero attached hydrogens (tertiary/aromatic N) is 3. The van der Waals surface area contributed by atoms with Crippen LogP contribution in [-0.4, -0.2) is 132 Å². The summed E-state index contributed by atoms with van der Waals surface area (Å²) >= 11 is 5.99. The summed E-state index contributed by atoms with van der Waals surface area (Å²) in [5, 5.41) is 0. The standard InChI is InChI=1S/C35H53ClN4O8/c1-35(37,26-8-12-28(13-9-26)44-23-30(22-36)47-33(42)17-20-39(4)5)27-10-14-29(15-11-27)45-24-31(48-34(43)18-21-40(6)7)25-46-32(41)16-19-38(2)3/h8-15,30-31H,16-25,37H2,1-7H3. The van der Waals surface area contributed by atoms with Gasteiger partial charge in [0.05, 0.1) is 30.7 Å². The maximum Gasteiger partial charge on any atom is 0.307 e. The molecule has 0 spiro atoms. The van der Waals surface area contributed by atoms with Crippen LogP contribution in [0.3, 0.4) is 0 Å². The van der Waals surface area contributed by atoms with Crippen LogP contribution in [0.5, 0.6) is 11.5 Å². The molecule has 2 aromatic rings. The third kappa shape index (κ3) is 15.7. The second-order valence-corrected chi connectivity index (χ2v) is 12.9. The zero-order chi connectivity index (χ0) is 35.7. The second-order valence-electron chi connectivity index (χ2n) is 12.6. The van der Waals surface area contributed by atoms with E-state index in [0.29, 0.717) is 31.1 Å². The number of hydrogen-bond donors (Lipinski definition) is 1. The van der Waals surface area contributed by atoms with Gasteiger partial charge in [-0.3, -0.25) is 14.4 Å². The summed E-state index contributed by atoms with van der Waals surface area (Å²) in [6.45, 7) is 3.62. The Morgan fingerprint density at radius 3 is 1.42 bits per heavy atom. The first-order valence-electron chi connectivity index (χ1n) is 16.0. The van der Waals surface area contributed by atoms with Crippen LogP contribution >= 0.6 is 11.6 Å². The average Bonchev–Trinajstić information content (AvgIpc) is 3.05. The predicted molar refractivity (Wildman–Crippen MR) is 185 cm³/mol. The highest BCUT2D eigenvalue weighted by molar-refractivity contribution is 6.18. The van der Waals surface area contributed by atoms with Crippen LogP contribution in [0.2, 0.25) is 0 Å². The van der Waals surface area contributed by atoms with Crippen molar-refractivity contribution in [3.63, 3.8) is 0 Å². The molecule has 0 radical (unpaired) electrons. The number of alkyl halides is 1. The highest BCUT2D eigenvalue weighted by atomic mass is 35.5. The van der Waals surface area contributed by atoms with E-state index in [2.05, 4.69) is 0 Å². The number of rotatable bonds is 22. The molecule has 12 nitrogen and oxygen atoms in total. The molecule has 0 bridgehead atoms. The minimum Gasteiger partial charge on any atom is -0.490 e. The van der Waals surface area contributed by atoms with Gasteiger partial charge in [0, 0.05) is 19.6 Å². The van der Waals surface area contributed by atoms with Crippen molar-refractivity contribution >= 4 is 29.5 Å². The van der Waals surface area contributed by atoms with Gasteiger partial charge in [-0.1, -0.05) is 24.3 Å². The Balaban J connectivity index is 1.98. The molecule has 48 heavy (non-hydrogen) atoms. The quantitative estimate of drug-likeness (QED) is 0.110. The monoisotopic (exact) mass is 692 g/mol. The molecule has 0 saturated heterocycles. The third-order valence-electron chi connectivity index (χ3n) is 7.27. The number of halogens is 1. The molecule has 2 aromatic carbocycles. The zero-order valence-electron chi connectivity index (χ0n) is 29.4. The molecule has 0 fully saturated rings. The molecule has 2 rings (SSSR count). The molecule has 268 valence electrons. The van der Waals surface area contributed by atoms with Gasteiger partial charge in [-0.25, -0.2) is 0 Å². The van der Waals surface area contributed by atoms with Crippen molar-refractivity contribution in [2.75, 3.05) is 87.6 Å². The molecule has 0 heterocycles. The Labute approximate surface area is 290 Å². The van der Waals surface area contributed by atoms with E-state index in [1.165, 1.54) is 0 Å². The van der Waals surface area contributed by atoms with E-state index in [9.17, 15) is 14.4 Å². The molecule has 0 aliphatic carbocycles. The Hall–Kier alpha value is -3.42. The Morgan fingerprint density at radius 2 is 1.02 bits per heavy atom. The van der Waals surface area contributed by atoms with Crippen molar-refractivity contribution in [1.29, 1.82) is 0 Å². The van der Waals surface area contributed by atoms with Gasteiger partial charge in [0.15, 0.2) is 6.10 Å². The fourth-order valence-electron chi connectivity index (χ4n) is 4.26. The molecule has 0 amide bonds. The first-order chi connectivity index (χ1) is 22.7. The summed E-state index contributed by atoms with van der Waals surface area (Å²) in [5.41, 5.74) is 7.64. The predicted octanol–water partition coefficient (Wildman–Crippen LogP) is 3.13. The Morgan fingerprint density at radius 1 is 0.646 bits per heavy atom. The van der Waals surface area contributed by atoms with Crippen LogP contribution in [0.1, 0.15) is 37.3 Å². The summed E-state index contributed by atoms with van der Waals surface area (Å²) < 4.78 is 28.1. The SMILES string of the molecule is CN(C)CCC(=O)OCC(COc1ccc(C(C)(N)c2ccc(OCC(CCl)OC(=O)CCN(C)C)cc2)cc1)OC(=O)CCN(C)C. The van der Waals surface area contributed by atoms with Gasteiger partial charge in [-0.2, -0.15) is 0 Å². The number of esters is 3. The van der Waals surface area contributed by atoms with Crippen molar-refractivity contribution in [2.24, 2.45) is 5.73 Å². The van der Waals surface area contributed by atoms with Gasteiger partial charge in [-0.05, 0) is 84.6 Å². The lowest BCUT2D eigenvalue weighted by Crippen LogP contribution is -2.34. The van der Waals surface area contributed by atoms with Crippen molar-refractivity contribution < 1.29 is 38.1 Å². The number of carbonyl (C=O) groups is 3. The van der Waals surface area contributed by atoms with E-state index in [4.69, 9.17) is 41.0 Å².